The predicted octanol–water partition coefficient (Wildman–Crippen LogP) is 3.11. The Balaban J connectivity index is 1.65. The Bertz CT molecular complexity index is 207. The summed E-state index contributed by atoms with van der Waals surface area (Å²) in [6.45, 7) is 6.77. The number of rotatable bonds is 7. The van der Waals surface area contributed by atoms with Crippen molar-refractivity contribution in [2.45, 2.75) is 70.9 Å². The first kappa shape index (κ1) is 12.4. The lowest BCUT2D eigenvalue weighted by Gasteiger charge is -2.25. The van der Waals surface area contributed by atoms with Crippen LogP contribution in [-0.2, 0) is 4.74 Å². The lowest BCUT2D eigenvalue weighted by atomic mass is 9.93. The summed E-state index contributed by atoms with van der Waals surface area (Å²) in [5, 5.41) is 3.67. The average Bonchev–Trinajstić information content (AvgIpc) is 2.81. The zero-order valence-electron chi connectivity index (χ0n) is 10.9. The van der Waals surface area contributed by atoms with Gasteiger partial charge in [-0.2, -0.15) is 0 Å². The van der Waals surface area contributed by atoms with Gasteiger partial charge in [-0.1, -0.05) is 13.8 Å². The van der Waals surface area contributed by atoms with Crippen LogP contribution < -0.4 is 5.32 Å². The van der Waals surface area contributed by atoms with Crippen LogP contribution >= 0.6 is 0 Å². The maximum absolute atomic E-state index is 5.68. The van der Waals surface area contributed by atoms with Crippen LogP contribution in [0.2, 0.25) is 0 Å². The fourth-order valence-electron chi connectivity index (χ4n) is 2.91. The molecule has 2 unspecified atom stereocenters. The normalized spacial score (nSPS) is 29.2. The summed E-state index contributed by atoms with van der Waals surface area (Å²) in [6.07, 6.45) is 9.94. The molecule has 2 nitrogen and oxygen atoms in total. The van der Waals surface area contributed by atoms with Crippen molar-refractivity contribution in [1.29, 1.82) is 0 Å². The van der Waals surface area contributed by atoms with E-state index < -0.39 is 0 Å². The van der Waals surface area contributed by atoms with Crippen LogP contribution in [0.5, 0.6) is 0 Å². The molecule has 2 aliphatic rings. The maximum Gasteiger partial charge on any atom is 0.0576 e. The Hall–Kier alpha value is -0.0800. The first-order chi connectivity index (χ1) is 7.74. The molecule has 2 heteroatoms. The number of hydrogen-bond acceptors (Lipinski definition) is 2. The van der Waals surface area contributed by atoms with Crippen LogP contribution in [0, 0.1) is 5.41 Å². The highest BCUT2D eigenvalue weighted by Gasteiger charge is 2.43. The third kappa shape index (κ3) is 3.21. The van der Waals surface area contributed by atoms with E-state index in [1.807, 2.05) is 0 Å². The van der Waals surface area contributed by atoms with Crippen molar-refractivity contribution in [3.63, 3.8) is 0 Å². The zero-order chi connectivity index (χ0) is 11.4. The molecule has 0 radical (unpaired) electrons. The Morgan fingerprint density at radius 3 is 2.81 bits per heavy atom. The number of ether oxygens (including phenoxy) is 1. The smallest absolute Gasteiger partial charge is 0.0576 e. The van der Waals surface area contributed by atoms with Crippen molar-refractivity contribution >= 4 is 0 Å². The topological polar surface area (TPSA) is 21.3 Å². The fraction of sp³-hybridized carbons (Fsp3) is 1.00. The van der Waals surface area contributed by atoms with Crippen LogP contribution in [0.1, 0.15) is 58.8 Å². The van der Waals surface area contributed by atoms with E-state index in [1.165, 1.54) is 44.9 Å². The zero-order valence-corrected chi connectivity index (χ0v) is 10.9. The summed E-state index contributed by atoms with van der Waals surface area (Å²) in [5.41, 5.74) is 0.618. The molecule has 94 valence electrons. The van der Waals surface area contributed by atoms with Crippen LogP contribution in [0.4, 0.5) is 0 Å². The summed E-state index contributed by atoms with van der Waals surface area (Å²) < 4.78 is 5.68. The van der Waals surface area contributed by atoms with Crippen LogP contribution in [0.3, 0.4) is 0 Å². The number of hydrogen-bond donors (Lipinski definition) is 1. The van der Waals surface area contributed by atoms with Gasteiger partial charge in [-0.15, -0.1) is 0 Å². The molecule has 2 atom stereocenters. The van der Waals surface area contributed by atoms with E-state index in [9.17, 15) is 0 Å². The van der Waals surface area contributed by atoms with Crippen molar-refractivity contribution in [2.24, 2.45) is 5.41 Å². The Morgan fingerprint density at radius 1 is 1.44 bits per heavy atom. The second-order valence-corrected chi connectivity index (χ2v) is 5.83. The predicted molar refractivity (Wildman–Crippen MR) is 67.6 cm³/mol. The molecule has 2 fully saturated rings. The van der Waals surface area contributed by atoms with E-state index in [1.54, 1.807) is 0 Å². The van der Waals surface area contributed by atoms with Crippen molar-refractivity contribution in [2.75, 3.05) is 13.2 Å². The summed E-state index contributed by atoms with van der Waals surface area (Å²) >= 11 is 0. The molecule has 0 bridgehead atoms. The van der Waals surface area contributed by atoms with Gasteiger partial charge in [0, 0.05) is 12.6 Å². The minimum atomic E-state index is 0.578. The van der Waals surface area contributed by atoms with Crippen LogP contribution in [0.15, 0.2) is 0 Å². The molecule has 1 N–H and O–H groups in total. The molecule has 16 heavy (non-hydrogen) atoms. The van der Waals surface area contributed by atoms with Crippen LogP contribution in [-0.4, -0.2) is 25.3 Å². The van der Waals surface area contributed by atoms with Gasteiger partial charge in [0.05, 0.1) is 6.10 Å². The molecule has 0 spiro atoms. The molecular weight excluding hydrogens is 198 g/mol. The molecule has 0 aromatic rings. The maximum atomic E-state index is 5.68. The van der Waals surface area contributed by atoms with E-state index in [0.29, 0.717) is 11.5 Å². The highest BCUT2D eigenvalue weighted by Crippen LogP contribution is 2.49. The van der Waals surface area contributed by atoms with Crippen molar-refractivity contribution in [3.8, 4) is 0 Å². The van der Waals surface area contributed by atoms with E-state index in [2.05, 4.69) is 19.2 Å². The second kappa shape index (κ2) is 5.50. The molecule has 0 amide bonds. The molecule has 1 saturated heterocycles. The Kier molecular flexibility index (Phi) is 4.26. The largest absolute Gasteiger partial charge is 0.378 e. The molecule has 0 aromatic heterocycles. The van der Waals surface area contributed by atoms with Gasteiger partial charge in [0.25, 0.3) is 0 Å². The van der Waals surface area contributed by atoms with Crippen LogP contribution in [0.25, 0.3) is 0 Å². The van der Waals surface area contributed by atoms with Gasteiger partial charge in [0.1, 0.15) is 0 Å². The fourth-order valence-corrected chi connectivity index (χ4v) is 2.91. The molecule has 1 aliphatic carbocycles. The molecule has 1 aliphatic heterocycles. The highest BCUT2D eigenvalue weighted by molar-refractivity contribution is 4.98. The monoisotopic (exact) mass is 225 g/mol. The van der Waals surface area contributed by atoms with Crippen molar-refractivity contribution < 1.29 is 4.74 Å². The minimum absolute atomic E-state index is 0.578. The lowest BCUT2D eigenvalue weighted by Crippen LogP contribution is -2.36. The molecule has 2 rings (SSSR count). The van der Waals surface area contributed by atoms with Gasteiger partial charge >= 0.3 is 0 Å². The first-order valence-corrected chi connectivity index (χ1v) is 7.09. The Morgan fingerprint density at radius 2 is 2.25 bits per heavy atom. The summed E-state index contributed by atoms with van der Waals surface area (Å²) in [7, 11) is 0. The van der Waals surface area contributed by atoms with Gasteiger partial charge < -0.3 is 10.1 Å². The molecule has 1 saturated carbocycles. The molecule has 0 aromatic carbocycles. The second-order valence-electron chi connectivity index (χ2n) is 5.83. The van der Waals surface area contributed by atoms with Gasteiger partial charge in [-0.05, 0) is 56.9 Å². The van der Waals surface area contributed by atoms with E-state index in [-0.39, 0.29) is 0 Å². The van der Waals surface area contributed by atoms with E-state index in [4.69, 9.17) is 4.74 Å². The van der Waals surface area contributed by atoms with Crippen molar-refractivity contribution in [1.82, 2.24) is 5.32 Å². The third-order valence-electron chi connectivity index (χ3n) is 4.37. The molecular formula is C14H27NO. The van der Waals surface area contributed by atoms with E-state index >= 15 is 0 Å². The van der Waals surface area contributed by atoms with Crippen molar-refractivity contribution in [3.05, 3.63) is 0 Å². The summed E-state index contributed by atoms with van der Waals surface area (Å²) in [4.78, 5) is 0. The quantitative estimate of drug-likeness (QED) is 0.719. The highest BCUT2D eigenvalue weighted by atomic mass is 16.5. The average molecular weight is 225 g/mol. The van der Waals surface area contributed by atoms with E-state index in [0.717, 1.165) is 19.2 Å². The van der Waals surface area contributed by atoms with Gasteiger partial charge in [-0.3, -0.25) is 0 Å². The lowest BCUT2D eigenvalue weighted by molar-refractivity contribution is 0.100. The van der Waals surface area contributed by atoms with Gasteiger partial charge in [-0.25, -0.2) is 0 Å². The summed E-state index contributed by atoms with van der Waals surface area (Å²) in [6, 6.07) is 0.749. The third-order valence-corrected chi connectivity index (χ3v) is 4.37. The number of nitrogens with one attached hydrogen (secondary N) is 1. The first-order valence-electron chi connectivity index (χ1n) is 7.09. The van der Waals surface area contributed by atoms with Gasteiger partial charge in [0.2, 0.25) is 0 Å². The standard InChI is InChI=1S/C14H27NO/c1-3-15-13(14(2)9-10-14)8-4-6-12-7-5-11-16-12/h12-13,15H,3-11H2,1-2H3. The SMILES string of the molecule is CCNC(CCCC1CCCO1)C1(C)CC1. The van der Waals surface area contributed by atoms with Gasteiger partial charge in [0.15, 0.2) is 0 Å². The minimum Gasteiger partial charge on any atom is -0.378 e. The molecule has 1 heterocycles. The Labute approximate surface area is 100 Å². The summed E-state index contributed by atoms with van der Waals surface area (Å²) in [5.74, 6) is 0.